The third kappa shape index (κ3) is 6.96. The Bertz CT molecular complexity index is 277. The van der Waals surface area contributed by atoms with E-state index in [-0.39, 0.29) is 0 Å². The van der Waals surface area contributed by atoms with Crippen molar-refractivity contribution in [2.24, 2.45) is 5.92 Å². The summed E-state index contributed by atoms with van der Waals surface area (Å²) in [6.45, 7) is 7.73. The summed E-state index contributed by atoms with van der Waals surface area (Å²) >= 11 is 0. The molecule has 0 aromatic carbocycles. The minimum Gasteiger partial charge on any atom is -0.374 e. The van der Waals surface area contributed by atoms with E-state index < -0.39 is 0 Å². The number of unbranched alkanes of at least 4 members (excludes halogenated alkanes) is 2. The highest BCUT2D eigenvalue weighted by atomic mass is 16.5. The van der Waals surface area contributed by atoms with Gasteiger partial charge in [-0.15, -0.1) is 0 Å². The van der Waals surface area contributed by atoms with E-state index in [4.69, 9.17) is 4.74 Å². The van der Waals surface area contributed by atoms with Crippen LogP contribution in [0.4, 0.5) is 0 Å². The highest BCUT2D eigenvalue weighted by molar-refractivity contribution is 5.24. The van der Waals surface area contributed by atoms with Gasteiger partial charge in [0.25, 0.3) is 0 Å². The highest BCUT2D eigenvalue weighted by Crippen LogP contribution is 2.20. The Hall–Kier alpha value is -0.560. The average Bonchev–Trinajstić information content (AvgIpc) is 2.46. The predicted molar refractivity (Wildman–Crippen MR) is 84.4 cm³/mol. The Morgan fingerprint density at radius 2 is 2.00 bits per heavy atom. The molecule has 1 aliphatic carbocycles. The lowest BCUT2D eigenvalue weighted by Crippen LogP contribution is -2.17. The molecule has 0 aromatic rings. The molecule has 0 bridgehead atoms. The van der Waals surface area contributed by atoms with Gasteiger partial charge in [-0.25, -0.2) is 0 Å². The summed E-state index contributed by atoms with van der Waals surface area (Å²) in [4.78, 5) is 0. The minimum absolute atomic E-state index is 0.320. The van der Waals surface area contributed by atoms with Gasteiger partial charge in [-0.2, -0.15) is 0 Å². The zero-order valence-electron chi connectivity index (χ0n) is 13.2. The Morgan fingerprint density at radius 3 is 2.58 bits per heavy atom. The number of ether oxygens (including phenoxy) is 1. The van der Waals surface area contributed by atoms with Gasteiger partial charge in [0.05, 0.1) is 12.7 Å². The van der Waals surface area contributed by atoms with Crippen LogP contribution in [-0.4, -0.2) is 12.7 Å². The van der Waals surface area contributed by atoms with Gasteiger partial charge >= 0.3 is 0 Å². The molecule has 0 aliphatic heterocycles. The third-order valence-electron chi connectivity index (χ3n) is 4.05. The molecule has 1 rings (SSSR count). The van der Waals surface area contributed by atoms with Crippen LogP contribution in [0.1, 0.15) is 72.1 Å². The molecule has 0 aromatic heterocycles. The van der Waals surface area contributed by atoms with Crippen LogP contribution in [0.2, 0.25) is 0 Å². The molecular formula is C18H32O. The lowest BCUT2D eigenvalue weighted by Gasteiger charge is -2.21. The van der Waals surface area contributed by atoms with Crippen LogP contribution >= 0.6 is 0 Å². The van der Waals surface area contributed by atoms with Gasteiger partial charge in [0.2, 0.25) is 0 Å². The fourth-order valence-corrected chi connectivity index (χ4v) is 2.49. The van der Waals surface area contributed by atoms with Crippen LogP contribution in [0.3, 0.4) is 0 Å². The lowest BCUT2D eigenvalue weighted by atomic mass is 9.99. The average molecular weight is 264 g/mol. The maximum absolute atomic E-state index is 6.05. The van der Waals surface area contributed by atoms with Crippen molar-refractivity contribution in [2.75, 3.05) is 6.61 Å². The van der Waals surface area contributed by atoms with Crippen molar-refractivity contribution >= 4 is 0 Å². The summed E-state index contributed by atoms with van der Waals surface area (Å²) in [6.07, 6.45) is 17.3. The monoisotopic (exact) mass is 264 g/mol. The molecular weight excluding hydrogens is 232 g/mol. The number of hydrogen-bond acceptors (Lipinski definition) is 1. The molecule has 0 radical (unpaired) electrons. The predicted octanol–water partition coefficient (Wildman–Crippen LogP) is 5.66. The van der Waals surface area contributed by atoms with Gasteiger partial charge in [0.15, 0.2) is 0 Å². The zero-order valence-corrected chi connectivity index (χ0v) is 13.2. The Kier molecular flexibility index (Phi) is 8.90. The van der Waals surface area contributed by atoms with E-state index in [1.54, 1.807) is 0 Å². The fourth-order valence-electron chi connectivity index (χ4n) is 2.49. The maximum atomic E-state index is 6.05. The van der Waals surface area contributed by atoms with Gasteiger partial charge < -0.3 is 4.74 Å². The first-order valence-electron chi connectivity index (χ1n) is 8.28. The first-order valence-corrected chi connectivity index (χ1v) is 8.28. The molecule has 19 heavy (non-hydrogen) atoms. The van der Waals surface area contributed by atoms with Crippen LogP contribution < -0.4 is 0 Å². The highest BCUT2D eigenvalue weighted by Gasteiger charge is 2.12. The van der Waals surface area contributed by atoms with Gasteiger partial charge in [0.1, 0.15) is 0 Å². The maximum Gasteiger partial charge on any atom is 0.0793 e. The Balaban J connectivity index is 2.21. The van der Waals surface area contributed by atoms with E-state index >= 15 is 0 Å². The molecule has 110 valence electrons. The summed E-state index contributed by atoms with van der Waals surface area (Å²) in [5.74, 6) is 0.749. The summed E-state index contributed by atoms with van der Waals surface area (Å²) in [7, 11) is 0. The second-order valence-electron chi connectivity index (χ2n) is 5.77. The van der Waals surface area contributed by atoms with Gasteiger partial charge in [-0.1, -0.05) is 70.3 Å². The minimum atomic E-state index is 0.320. The van der Waals surface area contributed by atoms with Crippen molar-refractivity contribution in [3.05, 3.63) is 23.8 Å². The Labute approximate surface area is 120 Å². The Morgan fingerprint density at radius 1 is 1.21 bits per heavy atom. The zero-order chi connectivity index (χ0) is 13.9. The van der Waals surface area contributed by atoms with Crippen molar-refractivity contribution in [1.29, 1.82) is 0 Å². The van der Waals surface area contributed by atoms with Crippen LogP contribution in [0.15, 0.2) is 23.8 Å². The topological polar surface area (TPSA) is 9.23 Å². The van der Waals surface area contributed by atoms with Crippen molar-refractivity contribution < 1.29 is 4.74 Å². The summed E-state index contributed by atoms with van der Waals surface area (Å²) in [5, 5.41) is 0. The van der Waals surface area contributed by atoms with E-state index in [0.29, 0.717) is 6.10 Å². The molecule has 2 atom stereocenters. The first-order chi connectivity index (χ1) is 9.30. The molecule has 0 saturated carbocycles. The number of rotatable bonds is 10. The van der Waals surface area contributed by atoms with Gasteiger partial charge in [0, 0.05) is 0 Å². The second-order valence-corrected chi connectivity index (χ2v) is 5.77. The molecule has 0 saturated heterocycles. The molecule has 0 heterocycles. The quantitative estimate of drug-likeness (QED) is 0.494. The van der Waals surface area contributed by atoms with Gasteiger partial charge in [-0.05, 0) is 31.6 Å². The molecule has 1 nitrogen and oxygen atoms in total. The van der Waals surface area contributed by atoms with Gasteiger partial charge in [-0.3, -0.25) is 0 Å². The number of allylic oxidation sites excluding steroid dienone is 2. The van der Waals surface area contributed by atoms with Crippen molar-refractivity contribution in [2.45, 2.75) is 78.2 Å². The first kappa shape index (κ1) is 16.5. The normalized spacial score (nSPS) is 20.4. The van der Waals surface area contributed by atoms with Crippen LogP contribution in [0.25, 0.3) is 0 Å². The molecule has 0 spiro atoms. The summed E-state index contributed by atoms with van der Waals surface area (Å²) in [5.41, 5.74) is 1.50. The summed E-state index contributed by atoms with van der Waals surface area (Å²) < 4.78 is 6.05. The van der Waals surface area contributed by atoms with E-state index in [9.17, 15) is 0 Å². The second kappa shape index (κ2) is 10.3. The van der Waals surface area contributed by atoms with E-state index in [1.165, 1.54) is 50.5 Å². The van der Waals surface area contributed by atoms with E-state index in [0.717, 1.165) is 18.9 Å². The van der Waals surface area contributed by atoms with Crippen LogP contribution in [0.5, 0.6) is 0 Å². The molecule has 0 fully saturated rings. The number of hydrogen-bond donors (Lipinski definition) is 0. The molecule has 1 heteroatoms. The third-order valence-corrected chi connectivity index (χ3v) is 4.05. The van der Waals surface area contributed by atoms with Crippen molar-refractivity contribution in [3.8, 4) is 0 Å². The molecule has 0 amide bonds. The smallest absolute Gasteiger partial charge is 0.0793 e. The van der Waals surface area contributed by atoms with Crippen LogP contribution in [-0.2, 0) is 4.74 Å². The van der Waals surface area contributed by atoms with Crippen molar-refractivity contribution in [3.63, 3.8) is 0 Å². The summed E-state index contributed by atoms with van der Waals surface area (Å²) in [6, 6.07) is 0. The van der Waals surface area contributed by atoms with Crippen LogP contribution in [0, 0.1) is 5.92 Å². The standard InChI is InChI=1S/C18H32O/c1-4-7-9-16(6-3)15-19-18-13-11-17(12-14-18)10-8-5-2/h11-13,16,18H,4-10,14-15H2,1-3H3. The molecule has 2 unspecified atom stereocenters. The lowest BCUT2D eigenvalue weighted by molar-refractivity contribution is 0.0537. The van der Waals surface area contributed by atoms with E-state index in [2.05, 4.69) is 39.0 Å². The van der Waals surface area contributed by atoms with Crippen molar-refractivity contribution in [1.82, 2.24) is 0 Å². The fraction of sp³-hybridized carbons (Fsp3) is 0.778. The molecule has 0 N–H and O–H groups in total. The molecule has 1 aliphatic rings. The SMILES string of the molecule is CCCCC1=CCC(OCC(CC)CCCC)C=C1. The largest absolute Gasteiger partial charge is 0.374 e. The van der Waals surface area contributed by atoms with E-state index in [1.807, 2.05) is 0 Å².